The summed E-state index contributed by atoms with van der Waals surface area (Å²) >= 11 is 0. The number of hydrogen-bond acceptors (Lipinski definition) is 7. The Bertz CT molecular complexity index is 1430. The van der Waals surface area contributed by atoms with Crippen molar-refractivity contribution in [3.05, 3.63) is 115 Å². The van der Waals surface area contributed by atoms with Gasteiger partial charge in [0.15, 0.2) is 0 Å². The van der Waals surface area contributed by atoms with Gasteiger partial charge in [0, 0.05) is 23.5 Å². The van der Waals surface area contributed by atoms with Gasteiger partial charge in [0.2, 0.25) is 0 Å². The number of nitrogens with two attached hydrogens (primary N) is 1. The van der Waals surface area contributed by atoms with Gasteiger partial charge in [-0.2, -0.15) is 0 Å². The lowest BCUT2D eigenvalue weighted by Gasteiger charge is -2.25. The van der Waals surface area contributed by atoms with E-state index in [4.69, 9.17) is 5.73 Å². The number of benzene rings is 3. The van der Waals surface area contributed by atoms with E-state index in [1.165, 1.54) is 0 Å². The number of hydrogen-bond donors (Lipinski definition) is 2. The largest absolute Gasteiger partial charge is 0.506 e. The van der Waals surface area contributed by atoms with Gasteiger partial charge in [-0.3, -0.25) is 9.97 Å². The zero-order valence-electron chi connectivity index (χ0n) is 19.0. The lowest BCUT2D eigenvalue weighted by atomic mass is 10.1. The van der Waals surface area contributed by atoms with Crippen LogP contribution in [0.4, 0.5) is 22.7 Å². The van der Waals surface area contributed by atoms with Crippen molar-refractivity contribution in [1.29, 1.82) is 0 Å². The molecule has 0 aliphatic rings. The van der Waals surface area contributed by atoms with E-state index in [9.17, 15) is 5.11 Å². The van der Waals surface area contributed by atoms with Crippen molar-refractivity contribution >= 4 is 33.5 Å². The first-order valence-corrected chi connectivity index (χ1v) is 11.2. The molecule has 0 saturated carbocycles. The molecular formula is C28H24N6O. The normalized spacial score (nSPS) is 11.2. The van der Waals surface area contributed by atoms with Crippen LogP contribution in [0.5, 0.6) is 5.75 Å². The summed E-state index contributed by atoms with van der Waals surface area (Å²) in [7, 11) is 0. The fourth-order valence-electron chi connectivity index (χ4n) is 3.94. The third-order valence-corrected chi connectivity index (χ3v) is 5.64. The quantitative estimate of drug-likeness (QED) is 0.212. The number of rotatable bonds is 7. The fourth-order valence-corrected chi connectivity index (χ4v) is 3.94. The molecule has 5 aromatic rings. The topological polar surface area (TPSA) is 100.0 Å². The van der Waals surface area contributed by atoms with Crippen LogP contribution >= 0.6 is 0 Å². The second-order valence-electron chi connectivity index (χ2n) is 8.10. The highest BCUT2D eigenvalue weighted by atomic mass is 16.3. The molecule has 35 heavy (non-hydrogen) atoms. The number of aromatic hydroxyl groups is 1. The summed E-state index contributed by atoms with van der Waals surface area (Å²) in [5, 5.41) is 21.3. The van der Waals surface area contributed by atoms with Gasteiger partial charge in [0.1, 0.15) is 17.1 Å². The molecule has 0 radical (unpaired) electrons. The minimum absolute atomic E-state index is 0.0664. The lowest BCUT2D eigenvalue weighted by Crippen LogP contribution is -2.23. The van der Waals surface area contributed by atoms with Crippen LogP contribution in [0.2, 0.25) is 0 Å². The molecule has 0 aliphatic heterocycles. The van der Waals surface area contributed by atoms with Crippen molar-refractivity contribution in [3.63, 3.8) is 0 Å². The molecule has 2 heterocycles. The summed E-state index contributed by atoms with van der Waals surface area (Å²) in [4.78, 5) is 11.1. The van der Waals surface area contributed by atoms with Crippen molar-refractivity contribution in [3.8, 4) is 5.75 Å². The van der Waals surface area contributed by atoms with Gasteiger partial charge in [-0.1, -0.05) is 42.5 Å². The maximum absolute atomic E-state index is 10.5. The fraction of sp³-hybridized carbons (Fsp3) is 0.0714. The Kier molecular flexibility index (Phi) is 6.30. The number of azo groups is 1. The number of phenolic OH excluding ortho intramolecular Hbond substituents is 1. The number of nitrogen functional groups attached to an aromatic ring is 1. The zero-order valence-corrected chi connectivity index (χ0v) is 19.0. The minimum Gasteiger partial charge on any atom is -0.506 e. The first-order valence-electron chi connectivity index (χ1n) is 11.2. The van der Waals surface area contributed by atoms with E-state index in [1.807, 2.05) is 78.9 Å². The molecule has 0 bridgehead atoms. The number of aromatic nitrogens is 2. The average Bonchev–Trinajstić information content (AvgIpc) is 2.89. The van der Waals surface area contributed by atoms with E-state index < -0.39 is 0 Å². The molecule has 0 atom stereocenters. The third-order valence-electron chi connectivity index (χ3n) is 5.64. The Balaban J connectivity index is 1.57. The van der Waals surface area contributed by atoms with Gasteiger partial charge in [0.25, 0.3) is 0 Å². The smallest absolute Gasteiger partial charge is 0.143 e. The minimum atomic E-state index is 0.0664. The Morgan fingerprint density at radius 1 is 0.743 bits per heavy atom. The lowest BCUT2D eigenvalue weighted by molar-refractivity contribution is 0.477. The van der Waals surface area contributed by atoms with Crippen LogP contribution in [0.1, 0.15) is 11.4 Å². The highest BCUT2D eigenvalue weighted by Gasteiger charge is 2.15. The van der Waals surface area contributed by atoms with Crippen LogP contribution in [0.25, 0.3) is 10.8 Å². The molecule has 0 aliphatic carbocycles. The van der Waals surface area contributed by atoms with E-state index in [0.717, 1.165) is 27.8 Å². The van der Waals surface area contributed by atoms with Crippen molar-refractivity contribution in [1.82, 2.24) is 9.97 Å². The summed E-state index contributed by atoms with van der Waals surface area (Å²) in [5.41, 5.74) is 10.4. The predicted molar refractivity (Wildman–Crippen MR) is 139 cm³/mol. The standard InChI is InChI=1S/C28H24N6O/c29-21-12-13-26(34(18-22-8-3-5-15-30-22)19-23-9-4-6-16-31-23)25(17-21)32-33-28-24-10-2-1-7-20(24)11-14-27(28)35/h1-17,35H,18-19,29H2. The second-order valence-corrected chi connectivity index (χ2v) is 8.10. The summed E-state index contributed by atoms with van der Waals surface area (Å²) in [5.74, 6) is 0.0664. The Morgan fingerprint density at radius 3 is 2.11 bits per heavy atom. The maximum Gasteiger partial charge on any atom is 0.143 e. The van der Waals surface area contributed by atoms with E-state index in [2.05, 4.69) is 25.1 Å². The summed E-state index contributed by atoms with van der Waals surface area (Å²) in [6, 6.07) is 28.5. The van der Waals surface area contributed by atoms with Gasteiger partial charge in [0.05, 0.1) is 30.2 Å². The van der Waals surface area contributed by atoms with Gasteiger partial charge < -0.3 is 15.7 Å². The number of anilines is 2. The Hall–Kier alpha value is -4.78. The summed E-state index contributed by atoms with van der Waals surface area (Å²) in [6.07, 6.45) is 3.56. The van der Waals surface area contributed by atoms with Crippen LogP contribution in [0.3, 0.4) is 0 Å². The predicted octanol–water partition coefficient (Wildman–Crippen LogP) is 6.54. The molecule has 0 amide bonds. The van der Waals surface area contributed by atoms with E-state index in [0.29, 0.717) is 30.2 Å². The molecule has 0 unspecified atom stereocenters. The molecule has 7 heteroatoms. The first kappa shape index (κ1) is 22.0. The Labute approximate surface area is 203 Å². The number of fused-ring (bicyclic) bond motifs is 1. The highest BCUT2D eigenvalue weighted by molar-refractivity contribution is 5.95. The first-order chi connectivity index (χ1) is 17.2. The maximum atomic E-state index is 10.5. The highest BCUT2D eigenvalue weighted by Crippen LogP contribution is 2.38. The second kappa shape index (κ2) is 10.0. The molecule has 3 N–H and O–H groups in total. The summed E-state index contributed by atoms with van der Waals surface area (Å²) in [6.45, 7) is 1.09. The summed E-state index contributed by atoms with van der Waals surface area (Å²) < 4.78 is 0. The molecular weight excluding hydrogens is 436 g/mol. The van der Waals surface area contributed by atoms with Crippen LogP contribution in [-0.2, 0) is 13.1 Å². The molecule has 5 rings (SSSR count). The van der Waals surface area contributed by atoms with Gasteiger partial charge >= 0.3 is 0 Å². The van der Waals surface area contributed by atoms with Gasteiger partial charge in [-0.15, -0.1) is 10.2 Å². The van der Waals surface area contributed by atoms with Gasteiger partial charge in [-0.25, -0.2) is 0 Å². The van der Waals surface area contributed by atoms with Crippen LogP contribution in [-0.4, -0.2) is 15.1 Å². The number of phenols is 1. The molecule has 0 saturated heterocycles. The van der Waals surface area contributed by atoms with Gasteiger partial charge in [-0.05, 0) is 53.9 Å². The number of nitrogens with zero attached hydrogens (tertiary/aromatic N) is 5. The Morgan fingerprint density at radius 2 is 1.43 bits per heavy atom. The van der Waals surface area contributed by atoms with E-state index >= 15 is 0 Å². The molecule has 3 aromatic carbocycles. The number of pyridine rings is 2. The molecule has 7 nitrogen and oxygen atoms in total. The van der Waals surface area contributed by atoms with E-state index in [-0.39, 0.29) is 5.75 Å². The average molecular weight is 461 g/mol. The zero-order chi connectivity index (χ0) is 24.0. The van der Waals surface area contributed by atoms with Crippen LogP contribution in [0, 0.1) is 0 Å². The van der Waals surface area contributed by atoms with Crippen LogP contribution < -0.4 is 10.6 Å². The van der Waals surface area contributed by atoms with Crippen molar-refractivity contribution < 1.29 is 5.11 Å². The van der Waals surface area contributed by atoms with Crippen molar-refractivity contribution in [2.45, 2.75) is 13.1 Å². The molecule has 0 fully saturated rings. The third kappa shape index (κ3) is 5.09. The van der Waals surface area contributed by atoms with E-state index in [1.54, 1.807) is 24.5 Å². The molecule has 2 aromatic heterocycles. The van der Waals surface area contributed by atoms with Crippen molar-refractivity contribution in [2.24, 2.45) is 10.2 Å². The monoisotopic (exact) mass is 460 g/mol. The molecule has 0 spiro atoms. The van der Waals surface area contributed by atoms with Crippen molar-refractivity contribution in [2.75, 3.05) is 10.6 Å². The SMILES string of the molecule is Nc1ccc(N(Cc2ccccn2)Cc2ccccn2)c(N=Nc2c(O)ccc3ccccc23)c1. The molecule has 172 valence electrons. The van der Waals surface area contributed by atoms with Crippen LogP contribution in [0.15, 0.2) is 114 Å².